The summed E-state index contributed by atoms with van der Waals surface area (Å²) in [6, 6.07) is 12.5. The molecule has 0 atom stereocenters. The lowest BCUT2D eigenvalue weighted by molar-refractivity contribution is -0.107. The number of anilines is 1. The van der Waals surface area contributed by atoms with Crippen LogP contribution in [-0.4, -0.2) is 17.5 Å². The molecule has 4 nitrogen and oxygen atoms in total. The van der Waals surface area contributed by atoms with Gasteiger partial charge in [-0.2, -0.15) is 0 Å². The predicted molar refractivity (Wildman–Crippen MR) is 81.6 cm³/mol. The van der Waals surface area contributed by atoms with E-state index in [9.17, 15) is 9.59 Å². The Morgan fingerprint density at radius 1 is 1.14 bits per heavy atom. The molecule has 0 fully saturated rings. The maximum atomic E-state index is 11.4. The molecule has 0 unspecified atom stereocenters. The van der Waals surface area contributed by atoms with Crippen LogP contribution < -0.4 is 4.90 Å². The summed E-state index contributed by atoms with van der Waals surface area (Å²) in [7, 11) is 0. The fourth-order valence-corrected chi connectivity index (χ4v) is 2.26. The molecule has 108 valence electrons. The summed E-state index contributed by atoms with van der Waals surface area (Å²) < 4.78 is 0. The number of carboxylic acids is 1. The van der Waals surface area contributed by atoms with Crippen LogP contribution in [0.2, 0.25) is 0 Å². The van der Waals surface area contributed by atoms with Crippen molar-refractivity contribution in [3.05, 3.63) is 64.7 Å². The first-order valence-corrected chi connectivity index (χ1v) is 6.62. The highest BCUT2D eigenvalue weighted by molar-refractivity contribution is 5.87. The van der Waals surface area contributed by atoms with Crippen LogP contribution in [0, 0.1) is 13.8 Å². The summed E-state index contributed by atoms with van der Waals surface area (Å²) >= 11 is 0. The van der Waals surface area contributed by atoms with Gasteiger partial charge in [-0.05, 0) is 43.2 Å². The second-order valence-electron chi connectivity index (χ2n) is 5.03. The lowest BCUT2D eigenvalue weighted by Gasteiger charge is -2.20. The summed E-state index contributed by atoms with van der Waals surface area (Å²) in [6.45, 7) is 4.38. The van der Waals surface area contributed by atoms with Gasteiger partial charge in [0, 0.05) is 5.69 Å². The van der Waals surface area contributed by atoms with Gasteiger partial charge < -0.3 is 10.0 Å². The lowest BCUT2D eigenvalue weighted by atomic mass is 10.1. The van der Waals surface area contributed by atoms with E-state index in [0.717, 1.165) is 28.8 Å². The maximum absolute atomic E-state index is 11.4. The number of carboxylic acid groups (broad SMARTS) is 1. The van der Waals surface area contributed by atoms with Crippen molar-refractivity contribution in [3.8, 4) is 0 Å². The first-order valence-electron chi connectivity index (χ1n) is 6.62. The predicted octanol–water partition coefficient (Wildman–Crippen LogP) is 3.16. The number of amides is 1. The topological polar surface area (TPSA) is 57.6 Å². The molecule has 0 aliphatic heterocycles. The fourth-order valence-electron chi connectivity index (χ4n) is 2.26. The van der Waals surface area contributed by atoms with Crippen molar-refractivity contribution in [2.24, 2.45) is 0 Å². The highest BCUT2D eigenvalue weighted by atomic mass is 16.4. The van der Waals surface area contributed by atoms with E-state index >= 15 is 0 Å². The van der Waals surface area contributed by atoms with Crippen LogP contribution >= 0.6 is 0 Å². The summed E-state index contributed by atoms with van der Waals surface area (Å²) in [5.74, 6) is -0.955. The Labute approximate surface area is 123 Å². The normalized spacial score (nSPS) is 10.2. The zero-order valence-corrected chi connectivity index (χ0v) is 12.0. The van der Waals surface area contributed by atoms with E-state index in [4.69, 9.17) is 5.11 Å². The van der Waals surface area contributed by atoms with E-state index in [0.29, 0.717) is 6.54 Å². The van der Waals surface area contributed by atoms with Gasteiger partial charge in [0.05, 0.1) is 12.1 Å². The van der Waals surface area contributed by atoms with Crippen LogP contribution in [0.15, 0.2) is 42.5 Å². The molecule has 2 aromatic rings. The number of aryl methyl sites for hydroxylation is 2. The Hall–Kier alpha value is -2.62. The zero-order valence-electron chi connectivity index (χ0n) is 12.0. The average Bonchev–Trinajstić information content (AvgIpc) is 2.46. The molecule has 0 aliphatic carbocycles. The van der Waals surface area contributed by atoms with Gasteiger partial charge in [-0.15, -0.1) is 0 Å². The van der Waals surface area contributed by atoms with E-state index in [1.807, 2.05) is 32.0 Å². The largest absolute Gasteiger partial charge is 0.478 e. The van der Waals surface area contributed by atoms with Crippen LogP contribution in [-0.2, 0) is 11.3 Å². The third-order valence-electron chi connectivity index (χ3n) is 3.34. The van der Waals surface area contributed by atoms with E-state index in [1.54, 1.807) is 29.2 Å². The Balaban J connectivity index is 2.22. The monoisotopic (exact) mass is 283 g/mol. The van der Waals surface area contributed by atoms with Crippen LogP contribution in [0.4, 0.5) is 5.69 Å². The van der Waals surface area contributed by atoms with Gasteiger partial charge in [-0.25, -0.2) is 4.79 Å². The lowest BCUT2D eigenvalue weighted by Crippen LogP contribution is -2.21. The molecule has 0 aromatic heterocycles. The molecular weight excluding hydrogens is 266 g/mol. The van der Waals surface area contributed by atoms with Gasteiger partial charge in [-0.1, -0.05) is 29.8 Å². The van der Waals surface area contributed by atoms with Crippen molar-refractivity contribution in [2.75, 3.05) is 4.90 Å². The second-order valence-corrected chi connectivity index (χ2v) is 5.03. The summed E-state index contributed by atoms with van der Waals surface area (Å²) in [4.78, 5) is 23.8. The second kappa shape index (κ2) is 6.22. The Bertz CT molecular complexity index is 662. The maximum Gasteiger partial charge on any atom is 0.335 e. The standard InChI is InChI=1S/C17H17NO3/c1-12-3-8-16(13(2)9-12)18(11-19)10-14-4-6-15(7-5-14)17(20)21/h3-9,11H,10H2,1-2H3,(H,20,21). The molecule has 0 spiro atoms. The molecule has 1 amide bonds. The molecule has 1 N–H and O–H groups in total. The van der Waals surface area contributed by atoms with Crippen molar-refractivity contribution in [1.82, 2.24) is 0 Å². The molecule has 0 aliphatic rings. The summed E-state index contributed by atoms with van der Waals surface area (Å²) in [5, 5.41) is 8.88. The van der Waals surface area contributed by atoms with Gasteiger partial charge in [0.1, 0.15) is 0 Å². The average molecular weight is 283 g/mol. The minimum Gasteiger partial charge on any atom is -0.478 e. The number of hydrogen-bond acceptors (Lipinski definition) is 2. The highest BCUT2D eigenvalue weighted by Crippen LogP contribution is 2.22. The molecule has 4 heteroatoms. The Kier molecular flexibility index (Phi) is 4.38. The summed E-state index contributed by atoms with van der Waals surface area (Å²) in [6.07, 6.45) is 0.794. The SMILES string of the molecule is Cc1ccc(N(C=O)Cc2ccc(C(=O)O)cc2)c(C)c1. The zero-order chi connectivity index (χ0) is 15.4. The van der Waals surface area contributed by atoms with Gasteiger partial charge in [0.15, 0.2) is 0 Å². The molecule has 0 bridgehead atoms. The van der Waals surface area contributed by atoms with Crippen LogP contribution in [0.1, 0.15) is 27.0 Å². The summed E-state index contributed by atoms with van der Waals surface area (Å²) in [5.41, 5.74) is 4.16. The third kappa shape index (κ3) is 3.48. The number of hydrogen-bond donors (Lipinski definition) is 1. The first-order chi connectivity index (χ1) is 10.0. The van der Waals surface area contributed by atoms with Crippen molar-refractivity contribution in [1.29, 1.82) is 0 Å². The first kappa shape index (κ1) is 14.8. The van der Waals surface area contributed by atoms with Crippen LogP contribution in [0.3, 0.4) is 0 Å². The molecule has 0 heterocycles. The fraction of sp³-hybridized carbons (Fsp3) is 0.176. The minimum atomic E-state index is -0.955. The molecule has 21 heavy (non-hydrogen) atoms. The van der Waals surface area contributed by atoms with E-state index in [-0.39, 0.29) is 5.56 Å². The van der Waals surface area contributed by atoms with Crippen molar-refractivity contribution < 1.29 is 14.7 Å². The van der Waals surface area contributed by atoms with E-state index in [1.165, 1.54) is 0 Å². The molecule has 2 rings (SSSR count). The highest BCUT2D eigenvalue weighted by Gasteiger charge is 2.10. The molecule has 0 saturated carbocycles. The van der Waals surface area contributed by atoms with E-state index < -0.39 is 5.97 Å². The molecule has 2 aromatic carbocycles. The van der Waals surface area contributed by atoms with Gasteiger partial charge in [0.25, 0.3) is 0 Å². The molecular formula is C17H17NO3. The molecule has 0 radical (unpaired) electrons. The van der Waals surface area contributed by atoms with Crippen molar-refractivity contribution >= 4 is 18.1 Å². The van der Waals surface area contributed by atoms with E-state index in [2.05, 4.69) is 0 Å². The van der Waals surface area contributed by atoms with Gasteiger partial charge in [-0.3, -0.25) is 4.79 Å². The number of benzene rings is 2. The van der Waals surface area contributed by atoms with Gasteiger partial charge >= 0.3 is 5.97 Å². The third-order valence-corrected chi connectivity index (χ3v) is 3.34. The van der Waals surface area contributed by atoms with Crippen molar-refractivity contribution in [2.45, 2.75) is 20.4 Å². The Morgan fingerprint density at radius 2 is 1.81 bits per heavy atom. The number of rotatable bonds is 5. The van der Waals surface area contributed by atoms with Gasteiger partial charge in [0.2, 0.25) is 6.41 Å². The number of carbonyl (C=O) groups excluding carboxylic acids is 1. The van der Waals surface area contributed by atoms with Crippen molar-refractivity contribution in [3.63, 3.8) is 0 Å². The Morgan fingerprint density at radius 3 is 2.33 bits per heavy atom. The molecule has 0 saturated heterocycles. The van der Waals surface area contributed by atoms with Crippen LogP contribution in [0.5, 0.6) is 0 Å². The minimum absolute atomic E-state index is 0.239. The number of aromatic carboxylic acids is 1. The number of carbonyl (C=O) groups is 2. The van der Waals surface area contributed by atoms with Crippen LogP contribution in [0.25, 0.3) is 0 Å². The quantitative estimate of drug-likeness (QED) is 0.857. The smallest absolute Gasteiger partial charge is 0.335 e. The number of nitrogens with zero attached hydrogens (tertiary/aromatic N) is 1.